The smallest absolute Gasteiger partial charge is 0.255 e. The Morgan fingerprint density at radius 1 is 1.16 bits per heavy atom. The highest BCUT2D eigenvalue weighted by Gasteiger charge is 2.20. The summed E-state index contributed by atoms with van der Waals surface area (Å²) in [5.41, 5.74) is 2.00. The van der Waals surface area contributed by atoms with Crippen molar-refractivity contribution in [1.29, 1.82) is 5.26 Å². The van der Waals surface area contributed by atoms with Crippen LogP contribution < -0.4 is 5.32 Å². The molecule has 4 rings (SSSR count). The molecule has 1 saturated heterocycles. The van der Waals surface area contributed by atoms with Gasteiger partial charge in [0, 0.05) is 43.3 Å². The highest BCUT2D eigenvalue weighted by Crippen LogP contribution is 2.30. The van der Waals surface area contributed by atoms with E-state index in [0.29, 0.717) is 33.0 Å². The van der Waals surface area contributed by atoms with Gasteiger partial charge in [0.25, 0.3) is 5.78 Å². The lowest BCUT2D eigenvalue weighted by molar-refractivity contribution is 0.154. The van der Waals surface area contributed by atoms with Gasteiger partial charge in [0.05, 0.1) is 5.69 Å². The van der Waals surface area contributed by atoms with Crippen molar-refractivity contribution in [3.05, 3.63) is 34.9 Å². The summed E-state index contributed by atoms with van der Waals surface area (Å²) in [4.78, 5) is 14.0. The van der Waals surface area contributed by atoms with E-state index >= 15 is 0 Å². The molecule has 2 aromatic heterocycles. The predicted octanol–water partition coefficient (Wildman–Crippen LogP) is 3.09. The maximum Gasteiger partial charge on any atom is 0.255 e. The number of nitriles is 1. The average Bonchev–Trinajstić information content (AvgIpc) is 3.19. The second kappa shape index (κ2) is 9.83. The minimum absolute atomic E-state index is 0.467. The Bertz CT molecular complexity index is 1080. The predicted molar refractivity (Wildman–Crippen MR) is 125 cm³/mol. The van der Waals surface area contributed by atoms with Gasteiger partial charge in [-0.1, -0.05) is 23.7 Å². The summed E-state index contributed by atoms with van der Waals surface area (Å²) in [7, 11) is 2.17. The maximum atomic E-state index is 9.81. The van der Waals surface area contributed by atoms with Crippen molar-refractivity contribution in [2.75, 3.05) is 57.9 Å². The number of nitrogens with zero attached hydrogens (tertiary/aromatic N) is 7. The van der Waals surface area contributed by atoms with E-state index in [0.717, 1.165) is 51.3 Å². The third-order valence-corrected chi connectivity index (χ3v) is 6.34. The molecule has 0 bridgehead atoms. The first-order chi connectivity index (χ1) is 15.1. The molecular weight excluding hydrogens is 432 g/mol. The van der Waals surface area contributed by atoms with Gasteiger partial charge in [-0.15, -0.1) is 16.9 Å². The van der Waals surface area contributed by atoms with Gasteiger partial charge in [0.2, 0.25) is 5.95 Å². The molecule has 1 aromatic carbocycles. The minimum atomic E-state index is 0.467. The lowest BCUT2D eigenvalue weighted by Crippen LogP contribution is -2.44. The number of anilines is 1. The fraction of sp³-hybridized carbons (Fsp3) is 0.429. The van der Waals surface area contributed by atoms with E-state index in [1.807, 2.05) is 18.4 Å². The normalized spacial score (nSPS) is 15.3. The van der Waals surface area contributed by atoms with Crippen LogP contribution in [0.2, 0.25) is 5.02 Å². The van der Waals surface area contributed by atoms with E-state index < -0.39 is 0 Å². The van der Waals surface area contributed by atoms with Crippen molar-refractivity contribution in [2.24, 2.45) is 0 Å². The summed E-state index contributed by atoms with van der Waals surface area (Å²) >= 11 is 7.48. The third kappa shape index (κ3) is 4.93. The standard InChI is InChI=1S/C21H25ClN8S/c1-28-10-12-29(13-11-28)9-3-8-24-20-26-21-25-19(31-2)17(14-23)18(30(21)27-20)15-4-6-16(22)7-5-15/h4-7H,3,8-13H2,1-2H3,(H,24,27). The van der Waals surface area contributed by atoms with E-state index in [9.17, 15) is 5.26 Å². The van der Waals surface area contributed by atoms with Crippen LogP contribution in [0.15, 0.2) is 29.3 Å². The van der Waals surface area contributed by atoms with Crippen molar-refractivity contribution < 1.29 is 0 Å². The highest BCUT2D eigenvalue weighted by molar-refractivity contribution is 7.98. The molecule has 1 fully saturated rings. The number of nitrogens with one attached hydrogen (secondary N) is 1. The second-order valence-electron chi connectivity index (χ2n) is 7.54. The second-order valence-corrected chi connectivity index (χ2v) is 8.77. The zero-order valence-corrected chi connectivity index (χ0v) is 19.2. The maximum absolute atomic E-state index is 9.81. The Morgan fingerprint density at radius 2 is 1.90 bits per heavy atom. The molecular formula is C21H25ClN8S. The van der Waals surface area contributed by atoms with E-state index in [-0.39, 0.29) is 0 Å². The van der Waals surface area contributed by atoms with Crippen molar-refractivity contribution in [1.82, 2.24) is 29.4 Å². The van der Waals surface area contributed by atoms with Crippen molar-refractivity contribution in [3.8, 4) is 17.3 Å². The van der Waals surface area contributed by atoms with Gasteiger partial charge in [-0.2, -0.15) is 14.8 Å². The molecule has 0 unspecified atom stereocenters. The molecule has 0 amide bonds. The Morgan fingerprint density at radius 3 is 2.58 bits per heavy atom. The number of hydrogen-bond acceptors (Lipinski definition) is 8. The van der Waals surface area contributed by atoms with Crippen LogP contribution in [0.4, 0.5) is 5.95 Å². The van der Waals surface area contributed by atoms with Crippen LogP contribution in [0, 0.1) is 11.3 Å². The average molecular weight is 457 g/mol. The number of piperazine rings is 1. The Hall–Kier alpha value is -2.38. The van der Waals surface area contributed by atoms with Crippen LogP contribution in [0.3, 0.4) is 0 Å². The van der Waals surface area contributed by atoms with Crippen molar-refractivity contribution in [2.45, 2.75) is 11.4 Å². The molecule has 0 atom stereocenters. The number of rotatable bonds is 7. The molecule has 3 heterocycles. The van der Waals surface area contributed by atoms with Gasteiger partial charge in [0.15, 0.2) is 0 Å². The fourth-order valence-electron chi connectivity index (χ4n) is 3.65. The van der Waals surface area contributed by atoms with Crippen LogP contribution >= 0.6 is 23.4 Å². The van der Waals surface area contributed by atoms with E-state index in [1.54, 1.807) is 16.6 Å². The summed E-state index contributed by atoms with van der Waals surface area (Å²) in [6, 6.07) is 9.66. The largest absolute Gasteiger partial charge is 0.353 e. The van der Waals surface area contributed by atoms with Gasteiger partial charge >= 0.3 is 0 Å². The van der Waals surface area contributed by atoms with E-state index in [2.05, 4.69) is 43.3 Å². The summed E-state index contributed by atoms with van der Waals surface area (Å²) < 4.78 is 1.64. The number of aromatic nitrogens is 4. The van der Waals surface area contributed by atoms with Crippen LogP contribution in [0.1, 0.15) is 12.0 Å². The summed E-state index contributed by atoms with van der Waals surface area (Å²) in [6.07, 6.45) is 2.91. The van der Waals surface area contributed by atoms with Gasteiger partial charge in [0.1, 0.15) is 16.7 Å². The Kier molecular flexibility index (Phi) is 6.92. The van der Waals surface area contributed by atoms with E-state index in [4.69, 9.17) is 11.6 Å². The van der Waals surface area contributed by atoms with Crippen molar-refractivity contribution in [3.63, 3.8) is 0 Å². The number of thioether (sulfide) groups is 1. The molecule has 0 aliphatic carbocycles. The summed E-state index contributed by atoms with van der Waals surface area (Å²) in [5.74, 6) is 0.984. The lowest BCUT2D eigenvalue weighted by atomic mass is 10.1. The zero-order valence-electron chi connectivity index (χ0n) is 17.7. The number of benzene rings is 1. The molecule has 1 aliphatic heterocycles. The molecule has 0 spiro atoms. The fourth-order valence-corrected chi connectivity index (χ4v) is 4.30. The number of halogens is 1. The highest BCUT2D eigenvalue weighted by atomic mass is 35.5. The van der Waals surface area contributed by atoms with Crippen LogP contribution in [-0.4, -0.2) is 82.0 Å². The molecule has 1 aliphatic rings. The molecule has 8 nitrogen and oxygen atoms in total. The topological polar surface area (TPSA) is 85.4 Å². The number of likely N-dealkylation sites (N-methyl/N-ethyl adjacent to an activating group) is 1. The quantitative estimate of drug-likeness (QED) is 0.330. The number of fused-ring (bicyclic) bond motifs is 1. The minimum Gasteiger partial charge on any atom is -0.353 e. The van der Waals surface area contributed by atoms with Gasteiger partial charge in [-0.3, -0.25) is 0 Å². The SMILES string of the molecule is CSc1nc2nc(NCCCN3CCN(C)CC3)nn2c(-c2ccc(Cl)cc2)c1C#N. The van der Waals surface area contributed by atoms with Crippen LogP contribution in [-0.2, 0) is 0 Å². The molecule has 10 heteroatoms. The van der Waals surface area contributed by atoms with Gasteiger partial charge < -0.3 is 15.1 Å². The molecule has 0 radical (unpaired) electrons. The molecule has 0 saturated carbocycles. The Balaban J connectivity index is 1.54. The molecule has 162 valence electrons. The monoisotopic (exact) mass is 456 g/mol. The summed E-state index contributed by atoms with van der Waals surface area (Å²) in [5, 5.41) is 19.0. The first-order valence-electron chi connectivity index (χ1n) is 10.2. The van der Waals surface area contributed by atoms with E-state index in [1.165, 1.54) is 11.8 Å². The molecule has 3 aromatic rings. The van der Waals surface area contributed by atoms with Crippen LogP contribution in [0.25, 0.3) is 17.0 Å². The summed E-state index contributed by atoms with van der Waals surface area (Å²) in [6.45, 7) is 6.31. The first kappa shape index (κ1) is 21.8. The van der Waals surface area contributed by atoms with Gasteiger partial charge in [-0.25, -0.2) is 4.98 Å². The molecule has 31 heavy (non-hydrogen) atoms. The molecule has 1 N–H and O–H groups in total. The van der Waals surface area contributed by atoms with Gasteiger partial charge in [-0.05, 0) is 38.4 Å². The number of hydrogen-bond donors (Lipinski definition) is 1. The zero-order chi connectivity index (χ0) is 21.8. The first-order valence-corrected chi connectivity index (χ1v) is 11.8. The Labute approximate surface area is 191 Å². The van der Waals surface area contributed by atoms with Crippen LogP contribution in [0.5, 0.6) is 0 Å². The lowest BCUT2D eigenvalue weighted by Gasteiger charge is -2.32. The van der Waals surface area contributed by atoms with Crippen molar-refractivity contribution >= 4 is 35.1 Å². The third-order valence-electron chi connectivity index (χ3n) is 5.41.